The van der Waals surface area contributed by atoms with Crippen LogP contribution in [0, 0.1) is 5.92 Å². The van der Waals surface area contributed by atoms with Gasteiger partial charge in [-0.2, -0.15) is 0 Å². The van der Waals surface area contributed by atoms with E-state index in [9.17, 15) is 9.59 Å². The molecule has 0 aromatic heterocycles. The lowest BCUT2D eigenvalue weighted by molar-refractivity contribution is -0.125. The van der Waals surface area contributed by atoms with E-state index in [4.69, 9.17) is 9.47 Å². The molecule has 2 amide bonds. The van der Waals surface area contributed by atoms with E-state index in [-0.39, 0.29) is 29.7 Å². The second-order valence-corrected chi connectivity index (χ2v) is 7.68. The Morgan fingerprint density at radius 3 is 2.52 bits per heavy atom. The van der Waals surface area contributed by atoms with Gasteiger partial charge in [0.2, 0.25) is 5.91 Å². The molecular formula is C23H26N2O4. The SMILES string of the molecule is COc1cccc(C(=O)N2CC(C(=O)NC3CC3)C(c3ccccc3OC)C2)c1. The van der Waals surface area contributed by atoms with E-state index in [1.165, 1.54) is 0 Å². The molecular weight excluding hydrogens is 368 g/mol. The van der Waals surface area contributed by atoms with Gasteiger partial charge < -0.3 is 19.7 Å². The summed E-state index contributed by atoms with van der Waals surface area (Å²) in [6.07, 6.45) is 2.06. The van der Waals surface area contributed by atoms with Crippen LogP contribution in [-0.2, 0) is 4.79 Å². The van der Waals surface area contributed by atoms with Gasteiger partial charge in [-0.3, -0.25) is 9.59 Å². The van der Waals surface area contributed by atoms with Crippen LogP contribution in [0.4, 0.5) is 0 Å². The van der Waals surface area contributed by atoms with Crippen molar-refractivity contribution < 1.29 is 19.1 Å². The summed E-state index contributed by atoms with van der Waals surface area (Å²) >= 11 is 0. The van der Waals surface area contributed by atoms with Gasteiger partial charge >= 0.3 is 0 Å². The maximum atomic E-state index is 13.2. The van der Waals surface area contributed by atoms with E-state index < -0.39 is 0 Å². The van der Waals surface area contributed by atoms with Crippen LogP contribution in [0.2, 0.25) is 0 Å². The highest BCUT2D eigenvalue weighted by molar-refractivity contribution is 5.95. The molecule has 1 aliphatic carbocycles. The number of carbonyl (C=O) groups excluding carboxylic acids is 2. The Morgan fingerprint density at radius 2 is 1.79 bits per heavy atom. The minimum Gasteiger partial charge on any atom is -0.497 e. The van der Waals surface area contributed by atoms with Crippen molar-refractivity contribution >= 4 is 11.8 Å². The number of carbonyl (C=O) groups is 2. The molecule has 2 aromatic carbocycles. The Hall–Kier alpha value is -3.02. The largest absolute Gasteiger partial charge is 0.497 e. The maximum Gasteiger partial charge on any atom is 0.254 e. The Labute approximate surface area is 170 Å². The summed E-state index contributed by atoms with van der Waals surface area (Å²) in [5.41, 5.74) is 1.53. The van der Waals surface area contributed by atoms with E-state index in [2.05, 4.69) is 5.32 Å². The second-order valence-electron chi connectivity index (χ2n) is 7.68. The highest BCUT2D eigenvalue weighted by atomic mass is 16.5. The first kappa shape index (κ1) is 19.3. The summed E-state index contributed by atoms with van der Waals surface area (Å²) in [7, 11) is 3.21. The first-order valence-electron chi connectivity index (χ1n) is 9.97. The summed E-state index contributed by atoms with van der Waals surface area (Å²) in [6.45, 7) is 0.858. The number of hydrogen-bond acceptors (Lipinski definition) is 4. The lowest BCUT2D eigenvalue weighted by Gasteiger charge is -2.20. The van der Waals surface area contributed by atoms with Crippen LogP contribution in [0.1, 0.15) is 34.7 Å². The molecule has 29 heavy (non-hydrogen) atoms. The standard InChI is InChI=1S/C23H26N2O4/c1-28-17-7-5-6-15(12-17)23(27)25-13-19(18-8-3-4-9-21(18)29-2)20(14-25)22(26)24-16-10-11-16/h3-9,12,16,19-20H,10-11,13-14H2,1-2H3,(H,24,26). The van der Waals surface area contributed by atoms with Crippen LogP contribution in [0.25, 0.3) is 0 Å². The monoisotopic (exact) mass is 394 g/mol. The summed E-state index contributed by atoms with van der Waals surface area (Å²) in [5.74, 6) is 0.896. The van der Waals surface area contributed by atoms with Crippen LogP contribution in [0.15, 0.2) is 48.5 Å². The van der Waals surface area contributed by atoms with Gasteiger partial charge in [-0.25, -0.2) is 0 Å². The molecule has 2 unspecified atom stereocenters. The van der Waals surface area contributed by atoms with Gasteiger partial charge in [-0.05, 0) is 42.7 Å². The number of rotatable bonds is 6. The first-order chi connectivity index (χ1) is 14.1. The normalized spacial score (nSPS) is 21.0. The zero-order valence-electron chi connectivity index (χ0n) is 16.8. The molecule has 1 saturated heterocycles. The lowest BCUT2D eigenvalue weighted by Crippen LogP contribution is -2.36. The highest BCUT2D eigenvalue weighted by Gasteiger charge is 2.42. The molecule has 0 bridgehead atoms. The number of amides is 2. The minimum absolute atomic E-state index is 0.0179. The second kappa shape index (κ2) is 8.15. The van der Waals surface area contributed by atoms with Crippen molar-refractivity contribution in [1.29, 1.82) is 0 Å². The van der Waals surface area contributed by atoms with Crippen molar-refractivity contribution in [3.05, 3.63) is 59.7 Å². The number of para-hydroxylation sites is 1. The molecule has 0 radical (unpaired) electrons. The van der Waals surface area contributed by atoms with Gasteiger partial charge in [0.15, 0.2) is 0 Å². The molecule has 0 spiro atoms. The van der Waals surface area contributed by atoms with Crippen molar-refractivity contribution in [3.63, 3.8) is 0 Å². The molecule has 2 fully saturated rings. The van der Waals surface area contributed by atoms with Crippen LogP contribution in [-0.4, -0.2) is 50.1 Å². The fourth-order valence-electron chi connectivity index (χ4n) is 4.00. The molecule has 4 rings (SSSR count). The molecule has 6 heteroatoms. The minimum atomic E-state index is -0.304. The summed E-state index contributed by atoms with van der Waals surface area (Å²) < 4.78 is 10.8. The number of likely N-dealkylation sites (tertiary alicyclic amines) is 1. The first-order valence-corrected chi connectivity index (χ1v) is 9.97. The average molecular weight is 394 g/mol. The van der Waals surface area contributed by atoms with E-state index >= 15 is 0 Å². The molecule has 1 saturated carbocycles. The van der Waals surface area contributed by atoms with Crippen LogP contribution in [0.5, 0.6) is 11.5 Å². The third kappa shape index (κ3) is 4.06. The molecule has 1 N–H and O–H groups in total. The Bertz CT molecular complexity index is 909. The van der Waals surface area contributed by atoms with E-state index in [1.807, 2.05) is 30.3 Å². The van der Waals surface area contributed by atoms with Gasteiger partial charge in [0, 0.05) is 30.6 Å². The molecule has 1 heterocycles. The van der Waals surface area contributed by atoms with E-state index in [0.29, 0.717) is 24.4 Å². The fourth-order valence-corrected chi connectivity index (χ4v) is 4.00. The number of ether oxygens (including phenoxy) is 2. The predicted molar refractivity (Wildman–Crippen MR) is 109 cm³/mol. The number of nitrogens with one attached hydrogen (secondary N) is 1. The smallest absolute Gasteiger partial charge is 0.254 e. The van der Waals surface area contributed by atoms with E-state index in [1.54, 1.807) is 37.3 Å². The lowest BCUT2D eigenvalue weighted by atomic mass is 9.87. The van der Waals surface area contributed by atoms with Gasteiger partial charge in [-0.15, -0.1) is 0 Å². The van der Waals surface area contributed by atoms with Crippen molar-refractivity contribution in [1.82, 2.24) is 10.2 Å². The van der Waals surface area contributed by atoms with E-state index in [0.717, 1.165) is 24.2 Å². The molecule has 152 valence electrons. The van der Waals surface area contributed by atoms with Crippen LogP contribution in [0.3, 0.4) is 0 Å². The third-order valence-corrected chi connectivity index (χ3v) is 5.72. The molecule has 2 atom stereocenters. The molecule has 1 aliphatic heterocycles. The van der Waals surface area contributed by atoms with Crippen molar-refractivity contribution in [2.24, 2.45) is 5.92 Å². The summed E-state index contributed by atoms with van der Waals surface area (Å²) in [4.78, 5) is 27.9. The number of hydrogen-bond donors (Lipinski definition) is 1. The number of nitrogens with zero attached hydrogens (tertiary/aromatic N) is 1. The van der Waals surface area contributed by atoms with Crippen molar-refractivity contribution in [3.8, 4) is 11.5 Å². The topological polar surface area (TPSA) is 67.9 Å². The van der Waals surface area contributed by atoms with Crippen molar-refractivity contribution in [2.75, 3.05) is 27.3 Å². The number of benzene rings is 2. The third-order valence-electron chi connectivity index (χ3n) is 5.72. The fraction of sp³-hybridized carbons (Fsp3) is 0.391. The molecule has 6 nitrogen and oxygen atoms in total. The Morgan fingerprint density at radius 1 is 1.00 bits per heavy atom. The average Bonchev–Trinajstić information content (AvgIpc) is 3.47. The highest BCUT2D eigenvalue weighted by Crippen LogP contribution is 2.38. The molecule has 2 aromatic rings. The Balaban J connectivity index is 1.61. The molecule has 2 aliphatic rings. The van der Waals surface area contributed by atoms with Gasteiger partial charge in [0.25, 0.3) is 5.91 Å². The quantitative estimate of drug-likeness (QED) is 0.818. The van der Waals surface area contributed by atoms with Crippen molar-refractivity contribution in [2.45, 2.75) is 24.8 Å². The summed E-state index contributed by atoms with van der Waals surface area (Å²) in [5, 5.41) is 3.11. The maximum absolute atomic E-state index is 13.2. The predicted octanol–water partition coefficient (Wildman–Crippen LogP) is 2.84. The number of methoxy groups -OCH3 is 2. The van der Waals surface area contributed by atoms with Gasteiger partial charge in [-0.1, -0.05) is 24.3 Å². The van der Waals surface area contributed by atoms with Gasteiger partial charge in [0.1, 0.15) is 11.5 Å². The van der Waals surface area contributed by atoms with Gasteiger partial charge in [0.05, 0.1) is 20.1 Å². The zero-order valence-corrected chi connectivity index (χ0v) is 16.8. The zero-order chi connectivity index (χ0) is 20.4. The van der Waals surface area contributed by atoms with Crippen LogP contribution < -0.4 is 14.8 Å². The summed E-state index contributed by atoms with van der Waals surface area (Å²) in [6, 6.07) is 15.2. The Kier molecular flexibility index (Phi) is 5.43. The van der Waals surface area contributed by atoms with Crippen LogP contribution >= 0.6 is 0 Å².